The van der Waals surface area contributed by atoms with Gasteiger partial charge in [0.25, 0.3) is 5.91 Å². The number of nitrogens with zero attached hydrogens (tertiary/aromatic N) is 2. The van der Waals surface area contributed by atoms with E-state index in [0.717, 1.165) is 28.3 Å². The van der Waals surface area contributed by atoms with Gasteiger partial charge in [-0.1, -0.05) is 41.6 Å². The van der Waals surface area contributed by atoms with Crippen molar-refractivity contribution in [3.63, 3.8) is 0 Å². The summed E-state index contributed by atoms with van der Waals surface area (Å²) < 4.78 is 0. The molecule has 0 aromatic heterocycles. The third-order valence-corrected chi connectivity index (χ3v) is 7.93. The average Bonchev–Trinajstić information content (AvgIpc) is 3.61. The normalized spacial score (nSPS) is 19.3. The molecule has 1 saturated heterocycles. The minimum absolute atomic E-state index is 0.0247. The molecule has 3 aromatic rings. The van der Waals surface area contributed by atoms with Crippen molar-refractivity contribution in [3.05, 3.63) is 77.3 Å². The van der Waals surface area contributed by atoms with Crippen molar-refractivity contribution in [3.8, 4) is 0 Å². The van der Waals surface area contributed by atoms with Crippen LogP contribution in [0.25, 0.3) is 0 Å². The lowest BCUT2D eigenvalue weighted by atomic mass is 10.1. The second kappa shape index (κ2) is 8.73. The van der Waals surface area contributed by atoms with Gasteiger partial charge in [0.2, 0.25) is 11.8 Å². The van der Waals surface area contributed by atoms with Crippen LogP contribution in [0.5, 0.6) is 0 Å². The number of anilines is 3. The zero-order valence-corrected chi connectivity index (χ0v) is 20.3. The lowest BCUT2D eigenvalue weighted by molar-refractivity contribution is -0.122. The molecule has 3 aromatic carbocycles. The van der Waals surface area contributed by atoms with Gasteiger partial charge < -0.3 is 15.1 Å². The molecule has 1 aliphatic carbocycles. The lowest BCUT2D eigenvalue weighted by Gasteiger charge is -2.23. The highest BCUT2D eigenvalue weighted by atomic mass is 35.5. The summed E-state index contributed by atoms with van der Waals surface area (Å²) in [4.78, 5) is 44.3. The fourth-order valence-corrected chi connectivity index (χ4v) is 5.97. The number of hydrogen-bond acceptors (Lipinski definition) is 4. The van der Waals surface area contributed by atoms with Crippen LogP contribution in [0.3, 0.4) is 0 Å². The summed E-state index contributed by atoms with van der Waals surface area (Å²) in [6.07, 6.45) is 2.14. The van der Waals surface area contributed by atoms with Gasteiger partial charge in [0.05, 0.1) is 17.2 Å². The first-order chi connectivity index (χ1) is 17.0. The van der Waals surface area contributed by atoms with E-state index in [-0.39, 0.29) is 30.2 Å². The SMILES string of the molecule is O=C(Nc1ccc2c(c1)Sc1ccccc1C(=O)N2C1CC1)[C@@H]1CC(=O)N(c2cccc(Cl)c2)C1. The van der Waals surface area contributed by atoms with Gasteiger partial charge in [-0.3, -0.25) is 14.4 Å². The predicted molar refractivity (Wildman–Crippen MR) is 137 cm³/mol. The topological polar surface area (TPSA) is 69.7 Å². The summed E-state index contributed by atoms with van der Waals surface area (Å²) >= 11 is 7.62. The number of benzene rings is 3. The van der Waals surface area contributed by atoms with E-state index >= 15 is 0 Å². The molecule has 3 amide bonds. The Hall–Kier alpha value is -3.29. The molecule has 6 rings (SSSR count). The van der Waals surface area contributed by atoms with E-state index in [9.17, 15) is 14.4 Å². The molecule has 8 heteroatoms. The molecule has 0 bridgehead atoms. The lowest BCUT2D eigenvalue weighted by Crippen LogP contribution is -2.33. The Balaban J connectivity index is 1.24. The Labute approximate surface area is 212 Å². The molecule has 1 saturated carbocycles. The fourth-order valence-electron chi connectivity index (χ4n) is 4.68. The summed E-state index contributed by atoms with van der Waals surface area (Å²) in [5.74, 6) is -0.730. The van der Waals surface area contributed by atoms with E-state index in [1.807, 2.05) is 53.4 Å². The standard InChI is InChI=1S/C27H22ClN3O3S/c28-17-4-3-5-20(13-17)30-15-16(12-25(30)32)26(33)29-18-8-11-22-24(14-18)35-23-7-2-1-6-21(23)27(34)31(22)19-9-10-19/h1-8,11,13-14,16,19H,9-10,12,15H2,(H,29,33)/t16-/m1/s1. The monoisotopic (exact) mass is 503 g/mol. The second-order valence-corrected chi connectivity index (χ2v) is 10.6. The first kappa shape index (κ1) is 22.2. The number of fused-ring (bicyclic) bond motifs is 2. The van der Waals surface area contributed by atoms with Crippen LogP contribution in [0.2, 0.25) is 5.02 Å². The summed E-state index contributed by atoms with van der Waals surface area (Å²) in [6.45, 7) is 0.308. The molecule has 35 heavy (non-hydrogen) atoms. The Kier molecular flexibility index (Phi) is 5.54. The summed E-state index contributed by atoms with van der Waals surface area (Å²) in [6, 6.07) is 20.6. The summed E-state index contributed by atoms with van der Waals surface area (Å²) in [5, 5.41) is 3.54. The van der Waals surface area contributed by atoms with Gasteiger partial charge in [0.15, 0.2) is 0 Å². The van der Waals surface area contributed by atoms with Crippen LogP contribution in [0.1, 0.15) is 29.6 Å². The van der Waals surface area contributed by atoms with E-state index in [1.165, 1.54) is 0 Å². The molecule has 176 valence electrons. The highest BCUT2D eigenvalue weighted by Gasteiger charge is 2.38. The highest BCUT2D eigenvalue weighted by molar-refractivity contribution is 7.99. The minimum atomic E-state index is -0.460. The van der Waals surface area contributed by atoms with E-state index in [4.69, 9.17) is 11.6 Å². The van der Waals surface area contributed by atoms with E-state index in [1.54, 1.807) is 34.9 Å². The molecular formula is C27H22ClN3O3S. The van der Waals surface area contributed by atoms with Crippen molar-refractivity contribution < 1.29 is 14.4 Å². The highest BCUT2D eigenvalue weighted by Crippen LogP contribution is 2.46. The number of carbonyl (C=O) groups excluding carboxylic acids is 3. The number of amides is 3. The number of carbonyl (C=O) groups is 3. The van der Waals surface area contributed by atoms with Crippen molar-refractivity contribution in [1.29, 1.82) is 0 Å². The molecular weight excluding hydrogens is 482 g/mol. The van der Waals surface area contributed by atoms with Crippen LogP contribution >= 0.6 is 23.4 Å². The van der Waals surface area contributed by atoms with Gasteiger partial charge >= 0.3 is 0 Å². The quantitative estimate of drug-likeness (QED) is 0.502. The number of nitrogens with one attached hydrogen (secondary N) is 1. The maximum atomic E-state index is 13.3. The van der Waals surface area contributed by atoms with Crippen LogP contribution in [0, 0.1) is 5.92 Å². The molecule has 3 aliphatic rings. The van der Waals surface area contributed by atoms with Crippen molar-refractivity contribution in [1.82, 2.24) is 0 Å². The largest absolute Gasteiger partial charge is 0.326 e. The van der Waals surface area contributed by atoms with Crippen LogP contribution in [0.4, 0.5) is 17.1 Å². The van der Waals surface area contributed by atoms with Gasteiger partial charge in [-0.25, -0.2) is 0 Å². The zero-order chi connectivity index (χ0) is 24.1. The van der Waals surface area contributed by atoms with Crippen LogP contribution in [-0.4, -0.2) is 30.3 Å². The van der Waals surface area contributed by atoms with E-state index < -0.39 is 5.92 Å². The molecule has 2 fully saturated rings. The molecule has 0 unspecified atom stereocenters. The Morgan fingerprint density at radius 1 is 0.971 bits per heavy atom. The van der Waals surface area contributed by atoms with Crippen LogP contribution in [0.15, 0.2) is 76.5 Å². The Bertz CT molecular complexity index is 1370. The van der Waals surface area contributed by atoms with Crippen molar-refractivity contribution >= 4 is 58.1 Å². The molecule has 2 aliphatic heterocycles. The number of rotatable bonds is 4. The maximum absolute atomic E-state index is 13.3. The van der Waals surface area contributed by atoms with E-state index in [2.05, 4.69) is 5.32 Å². The first-order valence-electron chi connectivity index (χ1n) is 11.6. The number of halogens is 1. The predicted octanol–water partition coefficient (Wildman–Crippen LogP) is 5.61. The van der Waals surface area contributed by atoms with Crippen molar-refractivity contribution in [2.45, 2.75) is 35.1 Å². The third-order valence-electron chi connectivity index (χ3n) is 6.57. The minimum Gasteiger partial charge on any atom is -0.326 e. The molecule has 2 heterocycles. The second-order valence-electron chi connectivity index (χ2n) is 9.06. The van der Waals surface area contributed by atoms with E-state index in [0.29, 0.717) is 28.5 Å². The van der Waals surface area contributed by atoms with Gasteiger partial charge in [0, 0.05) is 45.2 Å². The number of hydrogen-bond donors (Lipinski definition) is 1. The summed E-state index contributed by atoms with van der Waals surface area (Å²) in [7, 11) is 0. The Morgan fingerprint density at radius 3 is 2.60 bits per heavy atom. The van der Waals surface area contributed by atoms with Crippen molar-refractivity contribution in [2.75, 3.05) is 21.7 Å². The molecule has 0 radical (unpaired) electrons. The van der Waals surface area contributed by atoms with Gasteiger partial charge in [0.1, 0.15) is 0 Å². The van der Waals surface area contributed by atoms with Gasteiger partial charge in [-0.15, -0.1) is 0 Å². The summed E-state index contributed by atoms with van der Waals surface area (Å²) in [5.41, 5.74) is 2.93. The van der Waals surface area contributed by atoms with Crippen molar-refractivity contribution in [2.24, 2.45) is 5.92 Å². The Morgan fingerprint density at radius 2 is 1.80 bits per heavy atom. The smallest absolute Gasteiger partial charge is 0.259 e. The fraction of sp³-hybridized carbons (Fsp3) is 0.222. The van der Waals surface area contributed by atoms with Crippen LogP contribution < -0.4 is 15.1 Å². The zero-order valence-electron chi connectivity index (χ0n) is 18.7. The molecule has 6 nitrogen and oxygen atoms in total. The van der Waals surface area contributed by atoms with Crippen LogP contribution in [-0.2, 0) is 9.59 Å². The molecule has 0 spiro atoms. The average molecular weight is 504 g/mol. The molecule has 1 N–H and O–H groups in total. The van der Waals surface area contributed by atoms with Gasteiger partial charge in [-0.2, -0.15) is 0 Å². The third kappa shape index (κ3) is 4.19. The van der Waals surface area contributed by atoms with Gasteiger partial charge in [-0.05, 0) is 61.4 Å². The maximum Gasteiger partial charge on any atom is 0.259 e. The first-order valence-corrected chi connectivity index (χ1v) is 12.8. The molecule has 1 atom stereocenters.